The zero-order chi connectivity index (χ0) is 14.8. The second-order valence-corrected chi connectivity index (χ2v) is 5.35. The molecule has 3 rings (SSSR count). The van der Waals surface area contributed by atoms with Gasteiger partial charge >= 0.3 is 0 Å². The molecule has 0 fully saturated rings. The Morgan fingerprint density at radius 1 is 1.10 bits per heavy atom. The molecule has 0 radical (unpaired) electrons. The van der Waals surface area contributed by atoms with E-state index < -0.39 is 0 Å². The van der Waals surface area contributed by atoms with Crippen LogP contribution in [0.15, 0.2) is 42.7 Å². The Balaban J connectivity index is 2.13. The molecular weight excluding hydrogens is 260 g/mol. The fourth-order valence-corrected chi connectivity index (χ4v) is 2.53. The Morgan fingerprint density at radius 2 is 1.90 bits per heavy atom. The molecule has 3 nitrogen and oxygen atoms in total. The van der Waals surface area contributed by atoms with Crippen molar-refractivity contribution in [2.45, 2.75) is 27.2 Å². The SMILES string of the molecule is CCCOc1c(C)cccc1-c1cn2cccc(C)c2n1. The van der Waals surface area contributed by atoms with Gasteiger partial charge in [0.2, 0.25) is 0 Å². The van der Waals surface area contributed by atoms with Crippen LogP contribution in [0.25, 0.3) is 16.9 Å². The second-order valence-electron chi connectivity index (χ2n) is 5.35. The molecule has 0 aliphatic rings. The van der Waals surface area contributed by atoms with Gasteiger partial charge in [0.1, 0.15) is 11.4 Å². The lowest BCUT2D eigenvalue weighted by Crippen LogP contribution is -1.99. The molecule has 0 unspecified atom stereocenters. The third-order valence-corrected chi connectivity index (χ3v) is 3.62. The highest BCUT2D eigenvalue weighted by Gasteiger charge is 2.13. The van der Waals surface area contributed by atoms with E-state index in [4.69, 9.17) is 9.72 Å². The smallest absolute Gasteiger partial charge is 0.140 e. The van der Waals surface area contributed by atoms with E-state index in [1.54, 1.807) is 0 Å². The third kappa shape index (κ3) is 2.51. The molecule has 2 aromatic heterocycles. The number of rotatable bonds is 4. The fraction of sp³-hybridized carbons (Fsp3) is 0.278. The van der Waals surface area contributed by atoms with Crippen LogP contribution < -0.4 is 4.74 Å². The van der Waals surface area contributed by atoms with E-state index in [9.17, 15) is 0 Å². The molecule has 0 saturated heterocycles. The Bertz CT molecular complexity index is 774. The Hall–Kier alpha value is -2.29. The van der Waals surface area contributed by atoms with Crippen LogP contribution in [0.3, 0.4) is 0 Å². The van der Waals surface area contributed by atoms with Crippen LogP contribution in [0.2, 0.25) is 0 Å². The van der Waals surface area contributed by atoms with Crippen LogP contribution in [0.1, 0.15) is 24.5 Å². The number of hydrogen-bond donors (Lipinski definition) is 0. The van der Waals surface area contributed by atoms with Crippen LogP contribution >= 0.6 is 0 Å². The van der Waals surface area contributed by atoms with Gasteiger partial charge in [0.25, 0.3) is 0 Å². The normalized spacial score (nSPS) is 11.0. The van der Waals surface area contributed by atoms with Crippen molar-refractivity contribution < 1.29 is 4.74 Å². The van der Waals surface area contributed by atoms with Gasteiger partial charge in [0.05, 0.1) is 12.3 Å². The average Bonchev–Trinajstić information content (AvgIpc) is 2.91. The number of pyridine rings is 1. The minimum Gasteiger partial charge on any atom is -0.493 e. The molecule has 0 aliphatic carbocycles. The van der Waals surface area contributed by atoms with Gasteiger partial charge in [0.15, 0.2) is 0 Å². The van der Waals surface area contributed by atoms with Crippen molar-refractivity contribution in [1.29, 1.82) is 0 Å². The zero-order valence-corrected chi connectivity index (χ0v) is 12.8. The summed E-state index contributed by atoms with van der Waals surface area (Å²) in [7, 11) is 0. The van der Waals surface area contributed by atoms with E-state index in [1.165, 1.54) is 5.56 Å². The van der Waals surface area contributed by atoms with Crippen molar-refractivity contribution in [2.75, 3.05) is 6.61 Å². The summed E-state index contributed by atoms with van der Waals surface area (Å²) in [6.45, 7) is 7.00. The number of benzene rings is 1. The molecule has 2 heterocycles. The van der Waals surface area contributed by atoms with Gasteiger partial charge in [-0.25, -0.2) is 4.98 Å². The summed E-state index contributed by atoms with van der Waals surface area (Å²) in [5, 5.41) is 0. The Labute approximate surface area is 125 Å². The number of aryl methyl sites for hydroxylation is 2. The number of hydrogen-bond acceptors (Lipinski definition) is 2. The van der Waals surface area contributed by atoms with Crippen LogP contribution in [0.4, 0.5) is 0 Å². The lowest BCUT2D eigenvalue weighted by molar-refractivity contribution is 0.316. The first-order valence-electron chi connectivity index (χ1n) is 7.38. The first-order valence-corrected chi connectivity index (χ1v) is 7.38. The largest absolute Gasteiger partial charge is 0.493 e. The van der Waals surface area contributed by atoms with Crippen LogP contribution in [-0.2, 0) is 0 Å². The lowest BCUT2D eigenvalue weighted by Gasteiger charge is -2.12. The summed E-state index contributed by atoms with van der Waals surface area (Å²) in [5.74, 6) is 0.945. The number of ether oxygens (including phenoxy) is 1. The van der Waals surface area contributed by atoms with Gasteiger partial charge < -0.3 is 9.14 Å². The maximum Gasteiger partial charge on any atom is 0.140 e. The van der Waals surface area contributed by atoms with Crippen molar-refractivity contribution in [3.63, 3.8) is 0 Å². The molecule has 0 amide bonds. The molecule has 3 heteroatoms. The van der Waals surface area contributed by atoms with E-state index in [0.717, 1.165) is 41.2 Å². The Morgan fingerprint density at radius 3 is 2.67 bits per heavy atom. The molecule has 3 aromatic rings. The maximum atomic E-state index is 5.95. The van der Waals surface area contributed by atoms with E-state index in [2.05, 4.69) is 55.6 Å². The van der Waals surface area contributed by atoms with E-state index >= 15 is 0 Å². The van der Waals surface area contributed by atoms with Gasteiger partial charge in [-0.1, -0.05) is 25.1 Å². The highest BCUT2D eigenvalue weighted by molar-refractivity contribution is 5.71. The summed E-state index contributed by atoms with van der Waals surface area (Å²) in [4.78, 5) is 4.78. The highest BCUT2D eigenvalue weighted by atomic mass is 16.5. The van der Waals surface area contributed by atoms with Crippen molar-refractivity contribution in [1.82, 2.24) is 9.38 Å². The topological polar surface area (TPSA) is 26.5 Å². The summed E-state index contributed by atoms with van der Waals surface area (Å²) >= 11 is 0. The van der Waals surface area contributed by atoms with Crippen molar-refractivity contribution in [3.8, 4) is 17.0 Å². The van der Waals surface area contributed by atoms with Crippen molar-refractivity contribution >= 4 is 5.65 Å². The average molecular weight is 280 g/mol. The molecule has 108 valence electrons. The quantitative estimate of drug-likeness (QED) is 0.707. The third-order valence-electron chi connectivity index (χ3n) is 3.62. The zero-order valence-electron chi connectivity index (χ0n) is 12.8. The van der Waals surface area contributed by atoms with E-state index in [0.29, 0.717) is 0 Å². The summed E-state index contributed by atoms with van der Waals surface area (Å²) in [5.41, 5.74) is 5.34. The fourth-order valence-electron chi connectivity index (χ4n) is 2.53. The molecule has 21 heavy (non-hydrogen) atoms. The molecule has 0 spiro atoms. The van der Waals surface area contributed by atoms with Gasteiger partial charge in [-0.2, -0.15) is 0 Å². The molecule has 1 aromatic carbocycles. The summed E-state index contributed by atoms with van der Waals surface area (Å²) < 4.78 is 8.01. The second kappa shape index (κ2) is 5.60. The molecule has 0 saturated carbocycles. The number of fused-ring (bicyclic) bond motifs is 1. The first kappa shape index (κ1) is 13.7. The van der Waals surface area contributed by atoms with Crippen molar-refractivity contribution in [2.24, 2.45) is 0 Å². The van der Waals surface area contributed by atoms with E-state index in [-0.39, 0.29) is 0 Å². The standard InChI is InChI=1S/C18H20N2O/c1-4-11-21-17-13(2)7-5-9-15(17)16-12-20-10-6-8-14(3)18(20)19-16/h5-10,12H,4,11H2,1-3H3. The molecular formula is C18H20N2O. The van der Waals surface area contributed by atoms with Gasteiger partial charge in [-0.3, -0.25) is 0 Å². The minimum absolute atomic E-state index is 0.726. The number of para-hydroxylation sites is 1. The van der Waals surface area contributed by atoms with Crippen molar-refractivity contribution in [3.05, 3.63) is 53.9 Å². The number of nitrogens with zero attached hydrogens (tertiary/aromatic N) is 2. The summed E-state index contributed by atoms with van der Waals surface area (Å²) in [6.07, 6.45) is 5.09. The van der Waals surface area contributed by atoms with Gasteiger partial charge in [-0.15, -0.1) is 0 Å². The van der Waals surface area contributed by atoms with Crippen LogP contribution in [0.5, 0.6) is 5.75 Å². The maximum absolute atomic E-state index is 5.95. The number of imidazole rings is 1. The molecule has 0 atom stereocenters. The van der Waals surface area contributed by atoms with Crippen LogP contribution in [0, 0.1) is 13.8 Å². The highest BCUT2D eigenvalue weighted by Crippen LogP contribution is 2.33. The minimum atomic E-state index is 0.726. The predicted octanol–water partition coefficient (Wildman–Crippen LogP) is 4.41. The molecule has 0 bridgehead atoms. The Kier molecular flexibility index (Phi) is 3.65. The lowest BCUT2D eigenvalue weighted by atomic mass is 10.1. The van der Waals surface area contributed by atoms with Crippen LogP contribution in [-0.4, -0.2) is 16.0 Å². The van der Waals surface area contributed by atoms with E-state index in [1.807, 2.05) is 12.3 Å². The number of aromatic nitrogens is 2. The first-order chi connectivity index (χ1) is 10.2. The van der Waals surface area contributed by atoms with Gasteiger partial charge in [0, 0.05) is 18.0 Å². The molecule has 0 N–H and O–H groups in total. The summed E-state index contributed by atoms with van der Waals surface area (Å²) in [6, 6.07) is 10.3. The monoisotopic (exact) mass is 280 g/mol. The molecule has 0 aliphatic heterocycles. The van der Waals surface area contributed by atoms with Gasteiger partial charge in [-0.05, 0) is 43.5 Å². The predicted molar refractivity (Wildman–Crippen MR) is 85.9 cm³/mol.